The van der Waals surface area contributed by atoms with Crippen molar-refractivity contribution in [2.45, 2.75) is 24.4 Å². The zero-order chi connectivity index (χ0) is 12.7. The Morgan fingerprint density at radius 2 is 1.88 bits per heavy atom. The van der Waals surface area contributed by atoms with E-state index in [1.54, 1.807) is 0 Å². The average Bonchev–Trinajstić information content (AvgIpc) is 2.25. The van der Waals surface area contributed by atoms with Gasteiger partial charge in [-0.3, -0.25) is 5.43 Å². The third kappa shape index (κ3) is 5.30. The summed E-state index contributed by atoms with van der Waals surface area (Å²) in [6, 6.07) is 0. The standard InChI is InChI=1S/C7H15N3O5S/c8-7(16)10-9-1-3(12)5(14)6(15)4(13)2-11/h1,3-6,11-15H,2H2,(H3,8,10,16)/t3-,4+,5+,6+/m0/s1. The van der Waals surface area contributed by atoms with E-state index in [-0.39, 0.29) is 5.11 Å². The van der Waals surface area contributed by atoms with Gasteiger partial charge in [-0.25, -0.2) is 0 Å². The van der Waals surface area contributed by atoms with Crippen molar-refractivity contribution in [1.82, 2.24) is 5.43 Å². The van der Waals surface area contributed by atoms with Gasteiger partial charge in [0.25, 0.3) is 0 Å². The van der Waals surface area contributed by atoms with E-state index < -0.39 is 31.0 Å². The maximum absolute atomic E-state index is 9.30. The van der Waals surface area contributed by atoms with Gasteiger partial charge in [0.05, 0.1) is 12.8 Å². The third-order valence-electron chi connectivity index (χ3n) is 1.68. The Morgan fingerprint density at radius 3 is 2.31 bits per heavy atom. The molecule has 0 aliphatic heterocycles. The molecule has 0 saturated carbocycles. The molecular formula is C7H15N3O5S. The summed E-state index contributed by atoms with van der Waals surface area (Å²) in [6.07, 6.45) is -5.65. The second kappa shape index (κ2) is 7.44. The van der Waals surface area contributed by atoms with E-state index in [0.717, 1.165) is 6.21 Å². The van der Waals surface area contributed by atoms with Crippen LogP contribution in [0.4, 0.5) is 0 Å². The largest absolute Gasteiger partial charge is 0.394 e. The van der Waals surface area contributed by atoms with Crippen LogP contribution in [0.1, 0.15) is 0 Å². The van der Waals surface area contributed by atoms with Crippen LogP contribution in [0.15, 0.2) is 5.10 Å². The summed E-state index contributed by atoms with van der Waals surface area (Å²) < 4.78 is 0. The summed E-state index contributed by atoms with van der Waals surface area (Å²) in [4.78, 5) is 0. The second-order valence-electron chi connectivity index (χ2n) is 2.98. The van der Waals surface area contributed by atoms with Gasteiger partial charge in [0.15, 0.2) is 5.11 Å². The molecule has 0 rings (SSSR count). The minimum Gasteiger partial charge on any atom is -0.394 e. The topological polar surface area (TPSA) is 152 Å². The molecule has 0 fully saturated rings. The fourth-order valence-electron chi connectivity index (χ4n) is 0.803. The molecule has 16 heavy (non-hydrogen) atoms. The second-order valence-corrected chi connectivity index (χ2v) is 3.42. The van der Waals surface area contributed by atoms with Crippen LogP contribution in [-0.4, -0.2) is 67.9 Å². The van der Waals surface area contributed by atoms with Gasteiger partial charge in [-0.2, -0.15) is 5.10 Å². The zero-order valence-corrected chi connectivity index (χ0v) is 9.08. The number of hydrogen-bond acceptors (Lipinski definition) is 7. The molecule has 0 aliphatic carbocycles. The molecule has 0 aromatic rings. The van der Waals surface area contributed by atoms with E-state index >= 15 is 0 Å². The number of nitrogens with two attached hydrogens (primary N) is 1. The van der Waals surface area contributed by atoms with Gasteiger partial charge in [-0.15, -0.1) is 0 Å². The van der Waals surface area contributed by atoms with E-state index in [9.17, 15) is 15.3 Å². The Balaban J connectivity index is 4.21. The third-order valence-corrected chi connectivity index (χ3v) is 1.77. The molecule has 8 nitrogen and oxygen atoms in total. The van der Waals surface area contributed by atoms with Gasteiger partial charge in [-0.1, -0.05) is 0 Å². The summed E-state index contributed by atoms with van der Waals surface area (Å²) in [5.41, 5.74) is 7.15. The Labute approximate surface area is 97.0 Å². The highest BCUT2D eigenvalue weighted by Crippen LogP contribution is 2.03. The summed E-state index contributed by atoms with van der Waals surface area (Å²) in [7, 11) is 0. The summed E-state index contributed by atoms with van der Waals surface area (Å²) in [6.45, 7) is -0.743. The minimum atomic E-state index is -1.70. The number of hydrazone groups is 1. The highest BCUT2D eigenvalue weighted by molar-refractivity contribution is 7.80. The summed E-state index contributed by atoms with van der Waals surface area (Å²) >= 11 is 4.41. The molecule has 0 radical (unpaired) electrons. The van der Waals surface area contributed by atoms with Crippen molar-refractivity contribution in [1.29, 1.82) is 0 Å². The van der Waals surface area contributed by atoms with Crippen molar-refractivity contribution >= 4 is 23.5 Å². The van der Waals surface area contributed by atoms with Gasteiger partial charge in [-0.05, 0) is 12.2 Å². The van der Waals surface area contributed by atoms with Crippen LogP contribution in [0.2, 0.25) is 0 Å². The Kier molecular flexibility index (Phi) is 7.05. The van der Waals surface area contributed by atoms with Gasteiger partial charge >= 0.3 is 0 Å². The molecule has 9 heteroatoms. The van der Waals surface area contributed by atoms with Crippen LogP contribution >= 0.6 is 12.2 Å². The van der Waals surface area contributed by atoms with Gasteiger partial charge in [0, 0.05) is 0 Å². The Morgan fingerprint density at radius 1 is 1.31 bits per heavy atom. The van der Waals surface area contributed by atoms with Crippen LogP contribution < -0.4 is 11.2 Å². The molecule has 94 valence electrons. The van der Waals surface area contributed by atoms with E-state index in [0.29, 0.717) is 0 Å². The number of hydrogen-bond donors (Lipinski definition) is 7. The molecule has 0 heterocycles. The maximum atomic E-state index is 9.30. The Bertz CT molecular complexity index is 252. The molecule has 0 unspecified atom stereocenters. The first-order valence-corrected chi connectivity index (χ1v) is 4.72. The molecule has 0 spiro atoms. The lowest BCUT2D eigenvalue weighted by Crippen LogP contribution is -2.46. The van der Waals surface area contributed by atoms with Crippen molar-refractivity contribution in [3.8, 4) is 0 Å². The van der Waals surface area contributed by atoms with Crippen molar-refractivity contribution < 1.29 is 25.5 Å². The molecule has 0 aromatic carbocycles. The highest BCUT2D eigenvalue weighted by atomic mass is 32.1. The number of nitrogens with one attached hydrogen (secondary N) is 1. The lowest BCUT2D eigenvalue weighted by atomic mass is 10.0. The monoisotopic (exact) mass is 253 g/mol. The normalized spacial score (nSPS) is 19.1. The van der Waals surface area contributed by atoms with E-state index in [4.69, 9.17) is 15.9 Å². The molecule has 4 atom stereocenters. The predicted molar refractivity (Wildman–Crippen MR) is 59.5 cm³/mol. The van der Waals surface area contributed by atoms with Crippen LogP contribution in [0.3, 0.4) is 0 Å². The molecule has 0 bridgehead atoms. The van der Waals surface area contributed by atoms with Crippen molar-refractivity contribution in [3.63, 3.8) is 0 Å². The van der Waals surface area contributed by atoms with Gasteiger partial charge in [0.2, 0.25) is 0 Å². The molecule has 0 amide bonds. The average molecular weight is 253 g/mol. The van der Waals surface area contributed by atoms with Crippen LogP contribution in [0, 0.1) is 0 Å². The SMILES string of the molecule is NC(=S)NN=C[C@H](O)[C@@H](O)[C@H](O)[C@H](O)CO. The molecule has 0 aromatic heterocycles. The predicted octanol–water partition coefficient (Wildman–Crippen LogP) is -3.76. The van der Waals surface area contributed by atoms with Crippen LogP contribution in [0.5, 0.6) is 0 Å². The number of nitrogens with zero attached hydrogens (tertiary/aromatic N) is 1. The molecule has 8 N–H and O–H groups in total. The summed E-state index contributed by atoms with van der Waals surface area (Å²) in [5.74, 6) is 0. The zero-order valence-electron chi connectivity index (χ0n) is 8.26. The van der Waals surface area contributed by atoms with Crippen molar-refractivity contribution in [3.05, 3.63) is 0 Å². The fourth-order valence-corrected chi connectivity index (χ4v) is 0.856. The quantitative estimate of drug-likeness (QED) is 0.145. The van der Waals surface area contributed by atoms with Crippen molar-refractivity contribution in [2.75, 3.05) is 6.61 Å². The van der Waals surface area contributed by atoms with E-state index in [2.05, 4.69) is 22.7 Å². The fraction of sp³-hybridized carbons (Fsp3) is 0.714. The smallest absolute Gasteiger partial charge is 0.184 e. The maximum Gasteiger partial charge on any atom is 0.184 e. The first-order chi connectivity index (χ1) is 7.40. The van der Waals surface area contributed by atoms with Gasteiger partial charge in [0.1, 0.15) is 24.4 Å². The number of aliphatic hydroxyl groups is 5. The van der Waals surface area contributed by atoms with Gasteiger partial charge < -0.3 is 31.3 Å². The highest BCUT2D eigenvalue weighted by Gasteiger charge is 2.29. The molecular weight excluding hydrogens is 238 g/mol. The first kappa shape index (κ1) is 15.2. The first-order valence-electron chi connectivity index (χ1n) is 4.32. The number of rotatable bonds is 6. The molecule has 0 aliphatic rings. The minimum absolute atomic E-state index is 0.131. The van der Waals surface area contributed by atoms with Crippen molar-refractivity contribution in [2.24, 2.45) is 10.8 Å². The van der Waals surface area contributed by atoms with Crippen LogP contribution in [0.25, 0.3) is 0 Å². The van der Waals surface area contributed by atoms with E-state index in [1.165, 1.54) is 0 Å². The lowest BCUT2D eigenvalue weighted by molar-refractivity contribution is -0.0999. The van der Waals surface area contributed by atoms with Crippen LogP contribution in [-0.2, 0) is 0 Å². The molecule has 0 saturated heterocycles. The Hall–Kier alpha value is -0.840. The van der Waals surface area contributed by atoms with E-state index in [1.807, 2.05) is 0 Å². The number of thiocarbonyl (C=S) groups is 1. The number of aliphatic hydroxyl groups excluding tert-OH is 5. The summed E-state index contributed by atoms with van der Waals surface area (Å²) in [5, 5.41) is 48.5. The lowest BCUT2D eigenvalue weighted by Gasteiger charge is -2.23.